The van der Waals surface area contributed by atoms with Crippen LogP contribution in [-0.4, -0.2) is 37.8 Å². The van der Waals surface area contributed by atoms with E-state index < -0.39 is 5.67 Å². The van der Waals surface area contributed by atoms with Gasteiger partial charge in [0.25, 0.3) is 0 Å². The molecule has 0 saturated carbocycles. The van der Waals surface area contributed by atoms with Crippen molar-refractivity contribution in [3.05, 3.63) is 76.9 Å². The highest BCUT2D eigenvalue weighted by molar-refractivity contribution is 8.11. The molecule has 1 aromatic carbocycles. The molecule has 1 aromatic rings. The average Bonchev–Trinajstić information content (AvgIpc) is 2.74. The van der Waals surface area contributed by atoms with Crippen LogP contribution in [0.25, 0.3) is 10.6 Å². The van der Waals surface area contributed by atoms with E-state index >= 15 is 0 Å². The van der Waals surface area contributed by atoms with Crippen molar-refractivity contribution >= 4 is 22.4 Å². The zero-order valence-corrected chi connectivity index (χ0v) is 23.3. The van der Waals surface area contributed by atoms with Crippen LogP contribution < -0.4 is 10.1 Å². The van der Waals surface area contributed by atoms with Gasteiger partial charge in [0.1, 0.15) is 11.4 Å². The van der Waals surface area contributed by atoms with Crippen LogP contribution in [0.15, 0.2) is 65.8 Å². The van der Waals surface area contributed by atoms with Crippen molar-refractivity contribution in [2.24, 2.45) is 5.92 Å². The molecule has 5 heteroatoms. The lowest BCUT2D eigenvalue weighted by Crippen LogP contribution is -2.27. The maximum absolute atomic E-state index is 14.5. The molecule has 0 spiro atoms. The SMILES string of the molecule is C=C(NC/C(C)=C/C=C(\N(C)C)C(C)(C)F)c1cc(OCC(C)C)cc(C(=C)S/C(C)=C\C)c1. The van der Waals surface area contributed by atoms with Crippen molar-refractivity contribution in [2.45, 2.75) is 54.1 Å². The molecule has 0 bridgehead atoms. The first-order valence-electron chi connectivity index (χ1n) is 11.7. The Morgan fingerprint density at radius 2 is 1.76 bits per heavy atom. The Balaban J connectivity index is 3.09. The van der Waals surface area contributed by atoms with E-state index in [-0.39, 0.29) is 0 Å². The summed E-state index contributed by atoms with van der Waals surface area (Å²) in [6.07, 6.45) is 5.86. The largest absolute Gasteiger partial charge is 0.493 e. The van der Waals surface area contributed by atoms with E-state index in [2.05, 4.69) is 51.4 Å². The maximum Gasteiger partial charge on any atom is 0.144 e. The molecule has 34 heavy (non-hydrogen) atoms. The number of benzene rings is 1. The number of rotatable bonds is 13. The van der Waals surface area contributed by atoms with Gasteiger partial charge in [0, 0.05) is 36.8 Å². The van der Waals surface area contributed by atoms with Gasteiger partial charge in [-0.05, 0) is 75.3 Å². The molecule has 0 saturated heterocycles. The molecule has 188 valence electrons. The summed E-state index contributed by atoms with van der Waals surface area (Å²) in [6.45, 7) is 23.3. The summed E-state index contributed by atoms with van der Waals surface area (Å²) in [6, 6.07) is 6.13. The molecule has 0 heterocycles. The van der Waals surface area contributed by atoms with Crippen molar-refractivity contribution in [3.63, 3.8) is 0 Å². The monoisotopic (exact) mass is 486 g/mol. The second-order valence-corrected chi connectivity index (χ2v) is 11.0. The number of nitrogens with one attached hydrogen (secondary N) is 1. The highest BCUT2D eigenvalue weighted by Gasteiger charge is 2.23. The van der Waals surface area contributed by atoms with Gasteiger partial charge in [-0.25, -0.2) is 4.39 Å². The van der Waals surface area contributed by atoms with Gasteiger partial charge in [-0.15, -0.1) is 0 Å². The summed E-state index contributed by atoms with van der Waals surface area (Å²) in [5.74, 6) is 1.23. The number of ether oxygens (including phenoxy) is 1. The van der Waals surface area contributed by atoms with Crippen molar-refractivity contribution in [3.8, 4) is 5.75 Å². The number of thioether (sulfide) groups is 1. The van der Waals surface area contributed by atoms with Crippen LogP contribution in [-0.2, 0) is 0 Å². The van der Waals surface area contributed by atoms with E-state index in [9.17, 15) is 4.39 Å². The lowest BCUT2D eigenvalue weighted by molar-refractivity contribution is 0.218. The summed E-state index contributed by atoms with van der Waals surface area (Å²) < 4.78 is 20.5. The Morgan fingerprint density at radius 1 is 1.15 bits per heavy atom. The molecule has 0 amide bonds. The second-order valence-electron chi connectivity index (χ2n) is 9.64. The Morgan fingerprint density at radius 3 is 2.29 bits per heavy atom. The van der Waals surface area contributed by atoms with Crippen LogP contribution in [0.3, 0.4) is 0 Å². The van der Waals surface area contributed by atoms with Crippen LogP contribution in [0.1, 0.15) is 59.6 Å². The molecule has 1 N–H and O–H groups in total. The molecule has 3 nitrogen and oxygen atoms in total. The van der Waals surface area contributed by atoms with Crippen LogP contribution in [0, 0.1) is 5.92 Å². The number of alkyl halides is 1. The first-order chi connectivity index (χ1) is 15.7. The number of hydrogen-bond acceptors (Lipinski definition) is 4. The first-order valence-corrected chi connectivity index (χ1v) is 12.5. The standard InChI is InChI=1S/C29H43FN2OS/c1-12-22(5)34-24(7)26-15-25(16-27(17-26)33-19-20(2)3)23(6)31-18-21(4)13-14-28(32(10)11)29(8,9)30/h12-17,20,31H,6-7,18-19H2,1-5,8-11H3/b21-13+,22-12-,28-14-. The summed E-state index contributed by atoms with van der Waals surface area (Å²) in [4.78, 5) is 3.96. The zero-order valence-electron chi connectivity index (χ0n) is 22.5. The lowest BCUT2D eigenvalue weighted by atomic mass is 10.1. The minimum atomic E-state index is -1.41. The third kappa shape index (κ3) is 10.3. The van der Waals surface area contributed by atoms with Crippen LogP contribution in [0.5, 0.6) is 5.75 Å². The molecule has 0 atom stereocenters. The van der Waals surface area contributed by atoms with E-state index in [4.69, 9.17) is 4.74 Å². The summed E-state index contributed by atoms with van der Waals surface area (Å²) in [5, 5.41) is 3.40. The zero-order chi connectivity index (χ0) is 26.1. The first kappa shape index (κ1) is 29.6. The van der Waals surface area contributed by atoms with Crippen molar-refractivity contribution in [1.29, 1.82) is 0 Å². The molecular weight excluding hydrogens is 443 g/mol. The summed E-state index contributed by atoms with van der Waals surface area (Å²) in [5.41, 5.74) is 3.06. The Labute approximate surface area is 211 Å². The van der Waals surface area contributed by atoms with Gasteiger partial charge in [-0.1, -0.05) is 56.5 Å². The lowest BCUT2D eigenvalue weighted by Gasteiger charge is -2.25. The third-order valence-electron chi connectivity index (χ3n) is 5.05. The Hall–Kier alpha value is -2.40. The Kier molecular flexibility index (Phi) is 11.7. The number of halogens is 1. The minimum Gasteiger partial charge on any atom is -0.493 e. The summed E-state index contributed by atoms with van der Waals surface area (Å²) >= 11 is 1.65. The summed E-state index contributed by atoms with van der Waals surface area (Å²) in [7, 11) is 3.71. The number of nitrogens with zero attached hydrogens (tertiary/aromatic N) is 1. The molecule has 1 rings (SSSR count). The molecule has 0 radical (unpaired) electrons. The van der Waals surface area contributed by atoms with E-state index in [0.29, 0.717) is 24.8 Å². The van der Waals surface area contributed by atoms with E-state index in [1.807, 2.05) is 52.2 Å². The molecule has 0 fully saturated rings. The van der Waals surface area contributed by atoms with Gasteiger partial charge < -0.3 is 15.0 Å². The highest BCUT2D eigenvalue weighted by Crippen LogP contribution is 2.35. The fraction of sp³-hybridized carbons (Fsp3) is 0.448. The molecular formula is C29H43FN2OS. The number of allylic oxidation sites excluding steroid dienone is 5. The van der Waals surface area contributed by atoms with Gasteiger partial charge in [0.05, 0.1) is 12.3 Å². The predicted octanol–water partition coefficient (Wildman–Crippen LogP) is 8.05. The molecule has 0 unspecified atom stereocenters. The van der Waals surface area contributed by atoms with Crippen molar-refractivity contribution in [1.82, 2.24) is 10.2 Å². The van der Waals surface area contributed by atoms with Gasteiger partial charge in [-0.2, -0.15) is 0 Å². The third-order valence-corrected chi connectivity index (χ3v) is 6.09. The van der Waals surface area contributed by atoms with Gasteiger partial charge in [0.2, 0.25) is 0 Å². The topological polar surface area (TPSA) is 24.5 Å². The van der Waals surface area contributed by atoms with Crippen molar-refractivity contribution in [2.75, 3.05) is 27.2 Å². The fourth-order valence-corrected chi connectivity index (χ4v) is 3.84. The fourth-order valence-electron chi connectivity index (χ4n) is 3.10. The quantitative estimate of drug-likeness (QED) is 0.285. The Bertz CT molecular complexity index is 949. The molecule has 0 aromatic heterocycles. The predicted molar refractivity (Wildman–Crippen MR) is 151 cm³/mol. The maximum atomic E-state index is 14.5. The molecule has 0 aliphatic heterocycles. The van der Waals surface area contributed by atoms with Crippen LogP contribution >= 0.6 is 11.8 Å². The second kappa shape index (κ2) is 13.5. The van der Waals surface area contributed by atoms with Crippen molar-refractivity contribution < 1.29 is 9.13 Å². The highest BCUT2D eigenvalue weighted by atomic mass is 32.2. The van der Waals surface area contributed by atoms with Crippen LogP contribution in [0.4, 0.5) is 4.39 Å². The average molecular weight is 487 g/mol. The van der Waals surface area contributed by atoms with Crippen LogP contribution in [0.2, 0.25) is 0 Å². The van der Waals surface area contributed by atoms with E-state index in [1.54, 1.807) is 30.5 Å². The van der Waals surface area contributed by atoms with Gasteiger partial charge >= 0.3 is 0 Å². The minimum absolute atomic E-state index is 0.429. The van der Waals surface area contributed by atoms with Gasteiger partial charge in [-0.3, -0.25) is 0 Å². The van der Waals surface area contributed by atoms with E-state index in [0.717, 1.165) is 33.1 Å². The number of hydrogen-bond donors (Lipinski definition) is 1. The van der Waals surface area contributed by atoms with E-state index in [1.165, 1.54) is 4.91 Å². The molecule has 0 aliphatic carbocycles. The molecule has 0 aliphatic rings. The normalized spacial score (nSPS) is 13.2. The smallest absolute Gasteiger partial charge is 0.144 e. The van der Waals surface area contributed by atoms with Gasteiger partial charge in [0.15, 0.2) is 0 Å².